The predicted octanol–water partition coefficient (Wildman–Crippen LogP) is 4.74. The summed E-state index contributed by atoms with van der Waals surface area (Å²) in [5.41, 5.74) is 2.93. The lowest BCUT2D eigenvalue weighted by molar-refractivity contribution is 0.242. The van der Waals surface area contributed by atoms with Gasteiger partial charge in [-0.3, -0.25) is 0 Å². The van der Waals surface area contributed by atoms with E-state index in [1.165, 1.54) is 0 Å². The minimum atomic E-state index is 0.114. The molecule has 0 atom stereocenters. The normalized spacial score (nSPS) is 13.5. The Balaban J connectivity index is 1.72. The molecule has 2 heterocycles. The fourth-order valence-electron chi connectivity index (χ4n) is 2.67. The van der Waals surface area contributed by atoms with Gasteiger partial charge in [-0.25, -0.2) is 0 Å². The first-order valence-corrected chi connectivity index (χ1v) is 9.65. The second kappa shape index (κ2) is 7.13. The third kappa shape index (κ3) is 3.48. The average molecular weight is 385 g/mol. The summed E-state index contributed by atoms with van der Waals surface area (Å²) in [6.07, 6.45) is 0.114. The molecule has 4 rings (SSSR count). The number of halogens is 1. The molecule has 0 fully saturated rings. The zero-order valence-electron chi connectivity index (χ0n) is 14.4. The lowest BCUT2D eigenvalue weighted by atomic mass is 10.1. The number of benzene rings is 2. The van der Waals surface area contributed by atoms with E-state index in [1.54, 1.807) is 16.4 Å². The van der Waals surface area contributed by atoms with Crippen molar-refractivity contribution in [1.29, 1.82) is 0 Å². The summed E-state index contributed by atoms with van der Waals surface area (Å²) in [5.74, 6) is 2.25. The standard InChI is InChI=1S/C19H17ClN4OS/c1-12(2)25-16-5-3-4-14(10-16)18-21-22-19-24(18)23-17(11-26-19)13-6-8-15(20)9-7-13/h3-10,12H,11H2,1-2H3. The molecule has 0 N–H and O–H groups in total. The summed E-state index contributed by atoms with van der Waals surface area (Å²) in [5, 5.41) is 14.9. The molecule has 0 aliphatic carbocycles. The minimum Gasteiger partial charge on any atom is -0.491 e. The number of aromatic nitrogens is 3. The summed E-state index contributed by atoms with van der Waals surface area (Å²) < 4.78 is 7.59. The third-order valence-corrected chi connectivity index (χ3v) is 4.99. The first-order valence-electron chi connectivity index (χ1n) is 8.29. The molecule has 26 heavy (non-hydrogen) atoms. The summed E-state index contributed by atoms with van der Waals surface area (Å²) in [6, 6.07) is 15.6. The second-order valence-electron chi connectivity index (χ2n) is 6.15. The van der Waals surface area contributed by atoms with Crippen LogP contribution in [0.2, 0.25) is 5.02 Å². The van der Waals surface area contributed by atoms with Crippen LogP contribution in [0.1, 0.15) is 19.4 Å². The second-order valence-corrected chi connectivity index (χ2v) is 7.53. The molecule has 7 heteroatoms. The van der Waals surface area contributed by atoms with Crippen molar-refractivity contribution in [3.8, 4) is 17.1 Å². The zero-order chi connectivity index (χ0) is 18.1. The number of fused-ring (bicyclic) bond motifs is 1. The highest BCUT2D eigenvalue weighted by Crippen LogP contribution is 2.30. The molecule has 5 nitrogen and oxygen atoms in total. The van der Waals surface area contributed by atoms with Crippen LogP contribution in [0.3, 0.4) is 0 Å². The van der Waals surface area contributed by atoms with E-state index in [0.29, 0.717) is 10.8 Å². The number of hydrogen-bond donors (Lipinski definition) is 0. The Hall–Kier alpha value is -2.31. The molecule has 0 amide bonds. The van der Waals surface area contributed by atoms with Gasteiger partial charge in [0.15, 0.2) is 5.82 Å². The number of rotatable bonds is 4. The van der Waals surface area contributed by atoms with Crippen LogP contribution >= 0.6 is 23.4 Å². The number of hydrogen-bond acceptors (Lipinski definition) is 5. The predicted molar refractivity (Wildman–Crippen MR) is 105 cm³/mol. The summed E-state index contributed by atoms with van der Waals surface area (Å²) in [4.78, 5) is 0. The Morgan fingerprint density at radius 3 is 2.65 bits per heavy atom. The Morgan fingerprint density at radius 1 is 1.08 bits per heavy atom. The molecule has 1 aromatic heterocycles. The molecule has 0 spiro atoms. The van der Waals surface area contributed by atoms with Crippen molar-refractivity contribution < 1.29 is 4.74 Å². The van der Waals surface area contributed by atoms with E-state index in [-0.39, 0.29) is 6.10 Å². The lowest BCUT2D eigenvalue weighted by Crippen LogP contribution is -2.13. The first-order chi connectivity index (χ1) is 12.6. The van der Waals surface area contributed by atoms with Crippen LogP contribution in [-0.2, 0) is 0 Å². The van der Waals surface area contributed by atoms with Gasteiger partial charge in [0.25, 0.3) is 0 Å². The van der Waals surface area contributed by atoms with Crippen molar-refractivity contribution in [3.63, 3.8) is 0 Å². The highest BCUT2D eigenvalue weighted by molar-refractivity contribution is 7.99. The van der Waals surface area contributed by atoms with Crippen LogP contribution in [0.5, 0.6) is 5.75 Å². The summed E-state index contributed by atoms with van der Waals surface area (Å²) in [6.45, 7) is 4.01. The SMILES string of the molecule is CC(C)Oc1cccc(-c2nnc3n2N=C(c2ccc(Cl)cc2)CS3)c1. The molecule has 0 radical (unpaired) electrons. The molecule has 0 bridgehead atoms. The molecule has 2 aromatic carbocycles. The van der Waals surface area contributed by atoms with Crippen molar-refractivity contribution in [1.82, 2.24) is 14.9 Å². The van der Waals surface area contributed by atoms with Crippen molar-refractivity contribution in [2.24, 2.45) is 5.10 Å². The molecule has 0 unspecified atom stereocenters. The lowest BCUT2D eigenvalue weighted by Gasteiger charge is -2.14. The molecular weight excluding hydrogens is 368 g/mol. The fraction of sp³-hybridized carbons (Fsp3) is 0.211. The first kappa shape index (κ1) is 17.1. The average Bonchev–Trinajstić information content (AvgIpc) is 3.05. The van der Waals surface area contributed by atoms with Crippen LogP contribution in [-0.4, -0.2) is 32.4 Å². The van der Waals surface area contributed by atoms with E-state index in [9.17, 15) is 0 Å². The van der Waals surface area contributed by atoms with Gasteiger partial charge in [-0.2, -0.15) is 9.78 Å². The Morgan fingerprint density at radius 2 is 1.88 bits per heavy atom. The van der Waals surface area contributed by atoms with Crippen molar-refractivity contribution >= 4 is 29.1 Å². The highest BCUT2D eigenvalue weighted by atomic mass is 35.5. The third-order valence-electron chi connectivity index (χ3n) is 3.81. The monoisotopic (exact) mass is 384 g/mol. The van der Waals surface area contributed by atoms with Crippen LogP contribution < -0.4 is 4.74 Å². The molecular formula is C19H17ClN4OS. The highest BCUT2D eigenvalue weighted by Gasteiger charge is 2.21. The Bertz CT molecular complexity index is 966. The molecule has 1 aliphatic rings. The van der Waals surface area contributed by atoms with Crippen molar-refractivity contribution in [2.75, 3.05) is 5.75 Å². The maximum Gasteiger partial charge on any atom is 0.212 e. The zero-order valence-corrected chi connectivity index (χ0v) is 16.0. The van der Waals surface area contributed by atoms with Gasteiger partial charge in [-0.15, -0.1) is 10.2 Å². The van der Waals surface area contributed by atoms with Gasteiger partial charge in [0.1, 0.15) is 5.75 Å². The van der Waals surface area contributed by atoms with Gasteiger partial charge in [0.05, 0.1) is 11.8 Å². The van der Waals surface area contributed by atoms with Gasteiger partial charge < -0.3 is 4.74 Å². The van der Waals surface area contributed by atoms with Gasteiger partial charge >= 0.3 is 0 Å². The van der Waals surface area contributed by atoms with Crippen LogP contribution in [0.4, 0.5) is 0 Å². The van der Waals surface area contributed by atoms with Crippen LogP contribution in [0.15, 0.2) is 58.8 Å². The smallest absolute Gasteiger partial charge is 0.212 e. The van der Waals surface area contributed by atoms with E-state index in [4.69, 9.17) is 21.4 Å². The van der Waals surface area contributed by atoms with Crippen LogP contribution in [0.25, 0.3) is 11.4 Å². The number of thioether (sulfide) groups is 1. The van der Waals surface area contributed by atoms with Crippen LogP contribution in [0, 0.1) is 0 Å². The Labute approximate surface area is 161 Å². The van der Waals surface area contributed by atoms with E-state index >= 15 is 0 Å². The van der Waals surface area contributed by atoms with Crippen molar-refractivity contribution in [3.05, 3.63) is 59.1 Å². The minimum absolute atomic E-state index is 0.114. The molecule has 1 aliphatic heterocycles. The quantitative estimate of drug-likeness (QED) is 0.651. The molecule has 0 saturated carbocycles. The summed E-state index contributed by atoms with van der Waals surface area (Å²) in [7, 11) is 0. The van der Waals surface area contributed by atoms with Crippen molar-refractivity contribution in [2.45, 2.75) is 25.1 Å². The van der Waals surface area contributed by atoms with Gasteiger partial charge in [0.2, 0.25) is 5.16 Å². The van der Waals surface area contributed by atoms with Gasteiger partial charge in [-0.1, -0.05) is 47.6 Å². The fourth-order valence-corrected chi connectivity index (χ4v) is 3.64. The van der Waals surface area contributed by atoms with E-state index in [2.05, 4.69) is 10.2 Å². The molecule has 0 saturated heterocycles. The Kier molecular flexibility index (Phi) is 4.70. The summed E-state index contributed by atoms with van der Waals surface area (Å²) >= 11 is 7.61. The van der Waals surface area contributed by atoms with E-state index in [1.807, 2.05) is 62.4 Å². The largest absolute Gasteiger partial charge is 0.491 e. The maximum absolute atomic E-state index is 5.99. The van der Waals surface area contributed by atoms with E-state index < -0.39 is 0 Å². The molecule has 3 aromatic rings. The van der Waals surface area contributed by atoms with Gasteiger partial charge in [-0.05, 0) is 43.7 Å². The van der Waals surface area contributed by atoms with Gasteiger partial charge in [0, 0.05) is 16.3 Å². The topological polar surface area (TPSA) is 52.3 Å². The number of ether oxygens (including phenoxy) is 1. The maximum atomic E-state index is 5.99. The molecule has 132 valence electrons. The number of nitrogens with zero attached hydrogens (tertiary/aromatic N) is 4. The van der Waals surface area contributed by atoms with E-state index in [0.717, 1.165) is 33.5 Å².